The number of carbonyl (C=O) groups is 2. The number of anilines is 1. The second kappa shape index (κ2) is 10.8. The van der Waals surface area contributed by atoms with Gasteiger partial charge in [-0.25, -0.2) is 13.2 Å². The molecule has 2 aromatic carbocycles. The number of nitrogens with zero attached hydrogens (tertiary/aromatic N) is 2. The summed E-state index contributed by atoms with van der Waals surface area (Å²) in [5.74, 6) is -1.53. The van der Waals surface area contributed by atoms with E-state index in [1.807, 2.05) is 37.3 Å². The molecule has 33 heavy (non-hydrogen) atoms. The average Bonchev–Trinajstić information content (AvgIpc) is 2.81. The van der Waals surface area contributed by atoms with E-state index >= 15 is 0 Å². The van der Waals surface area contributed by atoms with Crippen LogP contribution in [-0.4, -0.2) is 66.8 Å². The molecule has 178 valence electrons. The number of carboxylic acids is 1. The summed E-state index contributed by atoms with van der Waals surface area (Å²) in [4.78, 5) is 27.0. The summed E-state index contributed by atoms with van der Waals surface area (Å²) in [7, 11) is -2.22. The van der Waals surface area contributed by atoms with Gasteiger partial charge in [-0.05, 0) is 42.7 Å². The third-order valence-electron chi connectivity index (χ3n) is 5.99. The first-order valence-electron chi connectivity index (χ1n) is 11.2. The number of nitrogens with one attached hydrogen (secondary N) is 1. The highest BCUT2D eigenvalue weighted by Crippen LogP contribution is 2.27. The Kier molecular flexibility index (Phi) is 8.10. The van der Waals surface area contributed by atoms with Crippen molar-refractivity contribution in [3.8, 4) is 0 Å². The van der Waals surface area contributed by atoms with Crippen LogP contribution in [0.25, 0.3) is 0 Å². The lowest BCUT2D eigenvalue weighted by Crippen LogP contribution is -2.62. The summed E-state index contributed by atoms with van der Waals surface area (Å²) in [5.41, 5.74) is 1.58. The van der Waals surface area contributed by atoms with E-state index in [0.29, 0.717) is 12.8 Å². The summed E-state index contributed by atoms with van der Waals surface area (Å²) >= 11 is 0. The van der Waals surface area contributed by atoms with Crippen LogP contribution in [0.4, 0.5) is 5.69 Å². The fourth-order valence-corrected chi connectivity index (χ4v) is 5.72. The minimum absolute atomic E-state index is 0.0370. The zero-order valence-corrected chi connectivity index (χ0v) is 19.8. The van der Waals surface area contributed by atoms with E-state index in [1.54, 1.807) is 19.2 Å². The quantitative estimate of drug-likeness (QED) is 0.550. The molecule has 1 aliphatic rings. The van der Waals surface area contributed by atoms with E-state index in [-0.39, 0.29) is 24.4 Å². The summed E-state index contributed by atoms with van der Waals surface area (Å²) in [6, 6.07) is 13.6. The molecule has 2 aromatic rings. The number of benzene rings is 2. The van der Waals surface area contributed by atoms with Crippen molar-refractivity contribution in [3.63, 3.8) is 0 Å². The maximum Gasteiger partial charge on any atom is 0.326 e. The van der Waals surface area contributed by atoms with Crippen molar-refractivity contribution in [1.82, 2.24) is 9.21 Å². The van der Waals surface area contributed by atoms with Crippen molar-refractivity contribution in [1.29, 1.82) is 0 Å². The molecule has 0 unspecified atom stereocenters. The van der Waals surface area contributed by atoms with Gasteiger partial charge in [-0.1, -0.05) is 50.1 Å². The molecule has 0 radical (unpaired) electrons. The average molecular weight is 474 g/mol. The van der Waals surface area contributed by atoms with Gasteiger partial charge in [0.2, 0.25) is 15.9 Å². The normalized spacial score (nSPS) is 18.2. The maximum absolute atomic E-state index is 13.6. The fraction of sp³-hybridized carbons (Fsp3) is 0.417. The van der Waals surface area contributed by atoms with Gasteiger partial charge >= 0.3 is 5.97 Å². The number of aliphatic carboxylic acids is 1. The number of piperazine rings is 1. The first-order chi connectivity index (χ1) is 15.8. The molecule has 2 N–H and O–H groups in total. The molecule has 8 nitrogen and oxygen atoms in total. The van der Waals surface area contributed by atoms with Crippen LogP contribution < -0.4 is 5.32 Å². The molecule has 1 amide bonds. The van der Waals surface area contributed by atoms with Crippen LogP contribution in [0.15, 0.2) is 59.5 Å². The molecular weight excluding hydrogens is 442 g/mol. The molecule has 3 rings (SSSR count). The highest BCUT2D eigenvalue weighted by Gasteiger charge is 2.44. The van der Waals surface area contributed by atoms with Crippen molar-refractivity contribution in [2.24, 2.45) is 0 Å². The molecule has 0 bridgehead atoms. The van der Waals surface area contributed by atoms with Crippen LogP contribution >= 0.6 is 0 Å². The number of amides is 1. The van der Waals surface area contributed by atoms with Crippen molar-refractivity contribution >= 4 is 27.6 Å². The lowest BCUT2D eigenvalue weighted by molar-refractivity contribution is -0.154. The smallest absolute Gasteiger partial charge is 0.326 e. The Bertz CT molecular complexity index is 1060. The first-order valence-corrected chi connectivity index (χ1v) is 12.6. The van der Waals surface area contributed by atoms with Crippen molar-refractivity contribution in [2.45, 2.75) is 49.6 Å². The van der Waals surface area contributed by atoms with Gasteiger partial charge in [0.1, 0.15) is 12.1 Å². The second-order valence-corrected chi connectivity index (χ2v) is 10.0. The molecule has 0 aliphatic carbocycles. The minimum Gasteiger partial charge on any atom is -0.480 e. The van der Waals surface area contributed by atoms with Crippen LogP contribution in [0.2, 0.25) is 0 Å². The Labute approximate surface area is 195 Å². The molecule has 0 spiro atoms. The molecule has 9 heteroatoms. The van der Waals surface area contributed by atoms with Gasteiger partial charge in [0.05, 0.1) is 4.90 Å². The number of carbonyl (C=O) groups excluding carboxylic acids is 1. The Morgan fingerprint density at radius 1 is 1.12 bits per heavy atom. The Hall–Kier alpha value is -2.91. The molecule has 1 aliphatic heterocycles. The van der Waals surface area contributed by atoms with Gasteiger partial charge in [0.15, 0.2) is 0 Å². The van der Waals surface area contributed by atoms with E-state index in [9.17, 15) is 23.1 Å². The van der Waals surface area contributed by atoms with Crippen molar-refractivity contribution in [2.75, 3.05) is 25.5 Å². The fourth-order valence-electron chi connectivity index (χ4n) is 4.15. The van der Waals surface area contributed by atoms with Gasteiger partial charge < -0.3 is 15.3 Å². The summed E-state index contributed by atoms with van der Waals surface area (Å²) in [6.45, 7) is 2.04. The predicted molar refractivity (Wildman–Crippen MR) is 126 cm³/mol. The largest absolute Gasteiger partial charge is 0.480 e. The SMILES string of the molecule is CCCC[C@@H](C(=O)O)N1CCN(S(=O)(=O)c2ccc(NC)cc2)[C@H](Cc2ccccc2)C1=O. The minimum atomic E-state index is -3.96. The summed E-state index contributed by atoms with van der Waals surface area (Å²) in [6.07, 6.45) is 1.99. The zero-order valence-electron chi connectivity index (χ0n) is 19.0. The van der Waals surface area contributed by atoms with Crippen molar-refractivity contribution < 1.29 is 23.1 Å². The van der Waals surface area contributed by atoms with E-state index in [2.05, 4.69) is 5.32 Å². The zero-order chi connectivity index (χ0) is 24.0. The molecular formula is C24H31N3O5S. The number of unbranched alkanes of at least 4 members (excludes halogenated alkanes) is 1. The molecule has 1 heterocycles. The lowest BCUT2D eigenvalue weighted by atomic mass is 10.0. The van der Waals surface area contributed by atoms with Crippen LogP contribution in [0, 0.1) is 0 Å². The first kappa shape index (κ1) is 24.7. The van der Waals surface area contributed by atoms with Crippen molar-refractivity contribution in [3.05, 3.63) is 60.2 Å². The molecule has 1 fully saturated rings. The predicted octanol–water partition coefficient (Wildman–Crippen LogP) is 2.82. The van der Waals surface area contributed by atoms with Gasteiger partial charge in [-0.15, -0.1) is 0 Å². The van der Waals surface area contributed by atoms with Crippen LogP contribution in [0.5, 0.6) is 0 Å². The highest BCUT2D eigenvalue weighted by atomic mass is 32.2. The molecule has 2 atom stereocenters. The maximum atomic E-state index is 13.6. The van der Waals surface area contributed by atoms with Crippen LogP contribution in [0.1, 0.15) is 31.7 Å². The lowest BCUT2D eigenvalue weighted by Gasteiger charge is -2.42. The third kappa shape index (κ3) is 5.54. The monoisotopic (exact) mass is 473 g/mol. The Morgan fingerprint density at radius 2 is 1.79 bits per heavy atom. The highest BCUT2D eigenvalue weighted by molar-refractivity contribution is 7.89. The summed E-state index contributed by atoms with van der Waals surface area (Å²) < 4.78 is 28.3. The topological polar surface area (TPSA) is 107 Å². The number of hydrogen-bond acceptors (Lipinski definition) is 5. The molecule has 0 saturated carbocycles. The number of sulfonamides is 1. The summed E-state index contributed by atoms with van der Waals surface area (Å²) in [5, 5.41) is 12.7. The number of hydrogen-bond donors (Lipinski definition) is 2. The standard InChI is InChI=1S/C24H31N3O5S/c1-3-4-10-21(24(29)30)26-15-16-27(22(23(26)28)17-18-8-6-5-7-9-18)33(31,32)20-13-11-19(25-2)12-14-20/h5-9,11-14,21-22,25H,3-4,10,15-17H2,1-2H3,(H,29,30)/t21-,22+/m0/s1. The van der Waals surface area contributed by atoms with Crippen LogP contribution in [0.3, 0.4) is 0 Å². The second-order valence-electron chi connectivity index (χ2n) is 8.12. The van der Waals surface area contributed by atoms with E-state index in [1.165, 1.54) is 21.3 Å². The number of rotatable bonds is 10. The Balaban J connectivity index is 1.97. The molecule has 1 saturated heterocycles. The van der Waals surface area contributed by atoms with Gasteiger partial charge in [-0.3, -0.25) is 4.79 Å². The molecule has 0 aromatic heterocycles. The van der Waals surface area contributed by atoms with Gasteiger partial charge in [-0.2, -0.15) is 4.31 Å². The number of carboxylic acid groups (broad SMARTS) is 1. The van der Waals surface area contributed by atoms with E-state index < -0.39 is 34.0 Å². The van der Waals surface area contributed by atoms with Crippen LogP contribution in [-0.2, 0) is 26.0 Å². The van der Waals surface area contributed by atoms with Gasteiger partial charge in [0.25, 0.3) is 0 Å². The van der Waals surface area contributed by atoms with Gasteiger partial charge in [0, 0.05) is 25.8 Å². The van der Waals surface area contributed by atoms with E-state index in [0.717, 1.165) is 17.7 Å². The van der Waals surface area contributed by atoms with E-state index in [4.69, 9.17) is 0 Å². The third-order valence-corrected chi connectivity index (χ3v) is 7.91. The Morgan fingerprint density at radius 3 is 2.36 bits per heavy atom.